The van der Waals surface area contributed by atoms with Crippen molar-refractivity contribution in [2.75, 3.05) is 0 Å². The summed E-state index contributed by atoms with van der Waals surface area (Å²) in [7, 11) is 0. The summed E-state index contributed by atoms with van der Waals surface area (Å²) in [6, 6.07) is 1.67. The van der Waals surface area contributed by atoms with E-state index in [1.807, 2.05) is 20.0 Å². The first-order valence-corrected chi connectivity index (χ1v) is 3.99. The number of carbonyl (C=O) groups excluding carboxylic acids is 1. The second-order valence-electron chi connectivity index (χ2n) is 3.00. The first kappa shape index (κ1) is 7.91. The quantitative estimate of drug-likeness (QED) is 0.611. The molecule has 0 aliphatic heterocycles. The molecule has 2 aromatic heterocycles. The van der Waals surface area contributed by atoms with Crippen LogP contribution >= 0.6 is 0 Å². The summed E-state index contributed by atoms with van der Waals surface area (Å²) in [6.45, 7) is 3.90. The SMILES string of the molecule is Cc1cn2nc(C=O)cc2nc1C. The molecule has 0 amide bonds. The third-order valence-electron chi connectivity index (χ3n) is 2.02. The molecule has 0 unspecified atom stereocenters. The van der Waals surface area contributed by atoms with Gasteiger partial charge >= 0.3 is 0 Å². The van der Waals surface area contributed by atoms with E-state index in [4.69, 9.17) is 0 Å². The van der Waals surface area contributed by atoms with Crippen molar-refractivity contribution in [3.8, 4) is 0 Å². The Hall–Kier alpha value is -1.71. The maximum absolute atomic E-state index is 10.4. The Morgan fingerprint density at radius 1 is 1.46 bits per heavy atom. The van der Waals surface area contributed by atoms with Gasteiger partial charge in [0.15, 0.2) is 11.9 Å². The van der Waals surface area contributed by atoms with Crippen LogP contribution in [-0.2, 0) is 0 Å². The Balaban J connectivity index is 2.77. The van der Waals surface area contributed by atoms with Gasteiger partial charge in [0.2, 0.25) is 0 Å². The number of carbonyl (C=O) groups is 1. The lowest BCUT2D eigenvalue weighted by Crippen LogP contribution is -1.95. The Labute approximate surface area is 75.2 Å². The minimum absolute atomic E-state index is 0.414. The second kappa shape index (κ2) is 2.65. The topological polar surface area (TPSA) is 47.3 Å². The van der Waals surface area contributed by atoms with Crippen molar-refractivity contribution in [2.24, 2.45) is 0 Å². The van der Waals surface area contributed by atoms with Crippen LogP contribution in [0.3, 0.4) is 0 Å². The molecule has 2 rings (SSSR count). The highest BCUT2D eigenvalue weighted by Crippen LogP contribution is 2.07. The van der Waals surface area contributed by atoms with Crippen LogP contribution in [-0.4, -0.2) is 20.9 Å². The molecule has 0 bridgehead atoms. The highest BCUT2D eigenvalue weighted by Gasteiger charge is 2.03. The molecule has 2 aromatic rings. The highest BCUT2D eigenvalue weighted by atomic mass is 16.1. The van der Waals surface area contributed by atoms with Crippen molar-refractivity contribution in [1.82, 2.24) is 14.6 Å². The van der Waals surface area contributed by atoms with Crippen molar-refractivity contribution in [2.45, 2.75) is 13.8 Å². The molecule has 0 saturated carbocycles. The van der Waals surface area contributed by atoms with Crippen LogP contribution in [0.2, 0.25) is 0 Å². The molecule has 0 aliphatic carbocycles. The Morgan fingerprint density at radius 3 is 2.92 bits per heavy atom. The molecule has 2 heterocycles. The van der Waals surface area contributed by atoms with E-state index < -0.39 is 0 Å². The summed E-state index contributed by atoms with van der Waals surface area (Å²) < 4.78 is 1.62. The van der Waals surface area contributed by atoms with Gasteiger partial charge in [-0.25, -0.2) is 9.50 Å². The summed E-state index contributed by atoms with van der Waals surface area (Å²) >= 11 is 0. The summed E-state index contributed by atoms with van der Waals surface area (Å²) in [5.41, 5.74) is 3.15. The van der Waals surface area contributed by atoms with Crippen LogP contribution < -0.4 is 0 Å². The first-order valence-electron chi connectivity index (χ1n) is 3.99. The van der Waals surface area contributed by atoms with Gasteiger partial charge in [0.25, 0.3) is 0 Å². The molecule has 13 heavy (non-hydrogen) atoms. The third kappa shape index (κ3) is 1.20. The maximum Gasteiger partial charge on any atom is 0.170 e. The van der Waals surface area contributed by atoms with E-state index in [9.17, 15) is 4.79 Å². The minimum atomic E-state index is 0.414. The van der Waals surface area contributed by atoms with Gasteiger partial charge in [-0.1, -0.05) is 0 Å². The largest absolute Gasteiger partial charge is 0.296 e. The van der Waals surface area contributed by atoms with Crippen molar-refractivity contribution in [3.63, 3.8) is 0 Å². The van der Waals surface area contributed by atoms with Crippen molar-refractivity contribution in [3.05, 3.63) is 29.2 Å². The van der Waals surface area contributed by atoms with Gasteiger partial charge < -0.3 is 0 Å². The monoisotopic (exact) mass is 175 g/mol. The lowest BCUT2D eigenvalue weighted by molar-refractivity contribution is 0.111. The number of aldehydes is 1. The normalized spacial score (nSPS) is 10.6. The minimum Gasteiger partial charge on any atom is -0.296 e. The zero-order chi connectivity index (χ0) is 9.42. The summed E-state index contributed by atoms with van der Waals surface area (Å²) in [4.78, 5) is 14.7. The van der Waals surface area contributed by atoms with Crippen LogP contribution in [0.25, 0.3) is 5.65 Å². The van der Waals surface area contributed by atoms with Crippen molar-refractivity contribution < 1.29 is 4.79 Å². The summed E-state index contributed by atoms with van der Waals surface area (Å²) in [5, 5.41) is 4.02. The van der Waals surface area contributed by atoms with E-state index >= 15 is 0 Å². The molecule has 0 fully saturated rings. The van der Waals surface area contributed by atoms with E-state index in [1.165, 1.54) is 0 Å². The fourth-order valence-electron chi connectivity index (χ4n) is 1.18. The number of nitrogens with zero attached hydrogens (tertiary/aromatic N) is 3. The number of hydrogen-bond donors (Lipinski definition) is 0. The van der Waals surface area contributed by atoms with Crippen LogP contribution in [0.5, 0.6) is 0 Å². The Morgan fingerprint density at radius 2 is 2.23 bits per heavy atom. The average Bonchev–Trinajstić information content (AvgIpc) is 2.48. The lowest BCUT2D eigenvalue weighted by Gasteiger charge is -1.98. The number of rotatable bonds is 1. The standard InChI is InChI=1S/C9H9N3O/c1-6-4-12-9(10-7(6)2)3-8(5-13)11-12/h3-5H,1-2H3. The number of aryl methyl sites for hydroxylation is 2. The molecule has 0 radical (unpaired) electrons. The van der Waals surface area contributed by atoms with Crippen LogP contribution in [0.4, 0.5) is 0 Å². The number of aromatic nitrogens is 3. The molecule has 0 aromatic carbocycles. The van der Waals surface area contributed by atoms with E-state index in [2.05, 4.69) is 10.1 Å². The molecule has 0 atom stereocenters. The predicted molar refractivity (Wildman–Crippen MR) is 47.8 cm³/mol. The fraction of sp³-hybridized carbons (Fsp3) is 0.222. The van der Waals surface area contributed by atoms with Crippen molar-refractivity contribution >= 4 is 11.9 Å². The van der Waals surface area contributed by atoms with Gasteiger partial charge in [-0.05, 0) is 19.4 Å². The number of fused-ring (bicyclic) bond motifs is 1. The highest BCUT2D eigenvalue weighted by molar-refractivity contribution is 5.74. The van der Waals surface area contributed by atoms with Gasteiger partial charge in [-0.3, -0.25) is 4.79 Å². The van der Waals surface area contributed by atoms with Crippen LogP contribution in [0, 0.1) is 13.8 Å². The van der Waals surface area contributed by atoms with Gasteiger partial charge in [0, 0.05) is 18.0 Å². The zero-order valence-corrected chi connectivity index (χ0v) is 7.48. The average molecular weight is 175 g/mol. The molecule has 0 aliphatic rings. The van der Waals surface area contributed by atoms with Gasteiger partial charge in [0.05, 0.1) is 0 Å². The Kier molecular flexibility index (Phi) is 1.62. The molecule has 4 nitrogen and oxygen atoms in total. The van der Waals surface area contributed by atoms with Crippen LogP contribution in [0.1, 0.15) is 21.7 Å². The van der Waals surface area contributed by atoms with Crippen molar-refractivity contribution in [1.29, 1.82) is 0 Å². The molecular formula is C9H9N3O. The molecule has 4 heteroatoms. The Bertz CT molecular complexity index is 434. The molecule has 0 N–H and O–H groups in total. The van der Waals surface area contributed by atoms with E-state index in [0.29, 0.717) is 11.3 Å². The summed E-state index contributed by atoms with van der Waals surface area (Å²) in [6.07, 6.45) is 2.59. The lowest BCUT2D eigenvalue weighted by atomic mass is 10.3. The predicted octanol–water partition coefficient (Wildman–Crippen LogP) is 1.16. The van der Waals surface area contributed by atoms with E-state index in [-0.39, 0.29) is 0 Å². The molecule has 0 saturated heterocycles. The molecular weight excluding hydrogens is 166 g/mol. The molecule has 0 spiro atoms. The van der Waals surface area contributed by atoms with E-state index in [1.54, 1.807) is 10.6 Å². The van der Waals surface area contributed by atoms with Crippen LogP contribution in [0.15, 0.2) is 12.3 Å². The second-order valence-corrected chi connectivity index (χ2v) is 3.00. The van der Waals surface area contributed by atoms with Gasteiger partial charge in [-0.2, -0.15) is 5.10 Å². The fourth-order valence-corrected chi connectivity index (χ4v) is 1.18. The molecule has 66 valence electrons. The maximum atomic E-state index is 10.4. The number of hydrogen-bond acceptors (Lipinski definition) is 3. The summed E-state index contributed by atoms with van der Waals surface area (Å²) in [5.74, 6) is 0. The first-order chi connectivity index (χ1) is 6.20. The van der Waals surface area contributed by atoms with Gasteiger partial charge in [-0.15, -0.1) is 0 Å². The third-order valence-corrected chi connectivity index (χ3v) is 2.02. The van der Waals surface area contributed by atoms with E-state index in [0.717, 1.165) is 17.5 Å². The smallest absolute Gasteiger partial charge is 0.170 e. The zero-order valence-electron chi connectivity index (χ0n) is 7.48. The van der Waals surface area contributed by atoms with Gasteiger partial charge in [0.1, 0.15) is 5.69 Å².